The first kappa shape index (κ1) is 48.6. The van der Waals surface area contributed by atoms with Crippen LogP contribution in [0.3, 0.4) is 0 Å². The molecule has 9 aliphatic carbocycles. The zero-order valence-corrected chi connectivity index (χ0v) is 50.8. The molecule has 4 heterocycles. The molecule has 0 saturated heterocycles. The largest absolute Gasteiger partial charge is 0.310 e. The van der Waals surface area contributed by atoms with Crippen molar-refractivity contribution in [2.24, 2.45) is 5.92 Å². The Hall–Kier alpha value is -11.3. The molecule has 2 aliphatic heterocycles. The topological polar surface area (TPSA) is 9.86 Å². The highest BCUT2D eigenvalue weighted by atomic mass is 15.0. The number of benzene rings is 11. The lowest BCUT2D eigenvalue weighted by Gasteiger charge is -2.37. The lowest BCUT2D eigenvalue weighted by atomic mass is 9.34. The standard InChI is InChI=1S/C90H53BN2/c1-2-17-65-63(15-1)64-16-3-4-18-66(64)86-70(65)40-42-77-87(86)73-45-59(62-36-29-56-26-23-50-11-7-14-53-32-39-69(62)85(56)82(50)53)47-75-90(73)93(77)79-20-8-19-78-88(79)91(75)74-46-58(61-35-28-55-25-22-49-10-6-13-52-31-38-68(61)84(55)81(49)52)44-72-71-43-57(33-41-76(71)92(78)89(72)74)60-34-27-54-24-21-48-9-5-12-51-30-37-67(60)83(54)80(48)51/h1-8,11-23,25,27-47,82,84H,9-10,24,26H2. The van der Waals surface area contributed by atoms with Gasteiger partial charge in [-0.05, 0) is 234 Å². The quantitative estimate of drug-likeness (QED) is 0.123. The van der Waals surface area contributed by atoms with Gasteiger partial charge in [-0.1, -0.05) is 219 Å². The van der Waals surface area contributed by atoms with E-state index in [1.807, 2.05) is 0 Å². The van der Waals surface area contributed by atoms with Crippen molar-refractivity contribution in [3.8, 4) is 33.6 Å². The van der Waals surface area contributed by atoms with Crippen molar-refractivity contribution >= 4 is 133 Å². The minimum absolute atomic E-state index is 0.0999. The second kappa shape index (κ2) is 17.0. The highest BCUT2D eigenvalue weighted by Crippen LogP contribution is 2.54. The molecule has 0 fully saturated rings. The molecule has 2 aromatic heterocycles. The van der Waals surface area contributed by atoms with E-state index in [4.69, 9.17) is 0 Å². The average Bonchev–Trinajstić information content (AvgIpc) is 1.54. The summed E-state index contributed by atoms with van der Waals surface area (Å²) in [5.41, 5.74) is 39.3. The van der Waals surface area contributed by atoms with Gasteiger partial charge in [-0.2, -0.15) is 0 Å². The molecule has 2 atom stereocenters. The first-order valence-electron chi connectivity index (χ1n) is 33.5. The van der Waals surface area contributed by atoms with Crippen LogP contribution in [-0.4, -0.2) is 15.8 Å². The van der Waals surface area contributed by atoms with E-state index in [0.29, 0.717) is 0 Å². The summed E-state index contributed by atoms with van der Waals surface area (Å²) in [6.45, 7) is -0.0999. The van der Waals surface area contributed by atoms with Gasteiger partial charge < -0.3 is 9.13 Å². The Morgan fingerprint density at radius 2 is 1.13 bits per heavy atom. The van der Waals surface area contributed by atoms with Gasteiger partial charge in [0.2, 0.25) is 0 Å². The molecule has 93 heavy (non-hydrogen) atoms. The number of allylic oxidation sites excluding steroid dienone is 24. The van der Waals surface area contributed by atoms with Crippen LogP contribution >= 0.6 is 0 Å². The summed E-state index contributed by atoms with van der Waals surface area (Å²) in [5, 5.41) is 15.8. The SMILES string of the molecule is C1=CC2=CCc3ccc(-c4cc5c6c(c4)c4c7c8ccccc8c8ccccc8c7ccc4n6-c4cccc6c4B5c4cc(C5=C7C=CC8=C9C(=CC=C(C=C5)C79)CC=C8)cc5c7cc(-c8ccc9c%10c%11c(ccc8%10)C=CCC%11=CC9)ccc7n-6c45)c4c3C2C(=C1)C=C4. The monoisotopic (exact) mass is 1170 g/mol. The summed E-state index contributed by atoms with van der Waals surface area (Å²) in [7, 11) is 0. The molecular weight excluding hydrogens is 1120 g/mol. The third-order valence-electron chi connectivity index (χ3n) is 23.7. The van der Waals surface area contributed by atoms with E-state index in [1.54, 1.807) is 0 Å². The number of rotatable bonds is 3. The smallest absolute Gasteiger partial charge is 0.252 e. The van der Waals surface area contributed by atoms with Crippen LogP contribution in [0.4, 0.5) is 0 Å². The summed E-state index contributed by atoms with van der Waals surface area (Å²) in [4.78, 5) is 0. The minimum atomic E-state index is -0.0999. The van der Waals surface area contributed by atoms with Gasteiger partial charge >= 0.3 is 0 Å². The Bertz CT molecular complexity index is 6420. The number of aromatic nitrogens is 2. The fraction of sp³-hybridized carbons (Fsp3) is 0.0667. The fourth-order valence-electron chi connectivity index (χ4n) is 20.0. The Morgan fingerprint density at radius 1 is 0.409 bits per heavy atom. The van der Waals surface area contributed by atoms with Gasteiger partial charge in [0, 0.05) is 61.2 Å². The molecule has 13 aromatic rings. The van der Waals surface area contributed by atoms with E-state index in [-0.39, 0.29) is 18.5 Å². The lowest BCUT2D eigenvalue weighted by molar-refractivity contribution is 0.835. The van der Waals surface area contributed by atoms with E-state index in [1.165, 1.54) is 226 Å². The molecule has 0 radical (unpaired) electrons. The van der Waals surface area contributed by atoms with Crippen molar-refractivity contribution in [2.75, 3.05) is 0 Å². The van der Waals surface area contributed by atoms with Crippen molar-refractivity contribution in [1.29, 1.82) is 0 Å². The molecule has 0 amide bonds. The molecular formula is C90H53BN2. The normalized spacial score (nSPS) is 19.0. The van der Waals surface area contributed by atoms with E-state index in [2.05, 4.69) is 270 Å². The molecule has 11 aromatic carbocycles. The zero-order valence-electron chi connectivity index (χ0n) is 50.8. The number of fused-ring (bicyclic) bond motifs is 17. The van der Waals surface area contributed by atoms with Crippen LogP contribution in [0, 0.1) is 5.92 Å². The zero-order chi connectivity index (χ0) is 59.8. The maximum absolute atomic E-state index is 2.70. The summed E-state index contributed by atoms with van der Waals surface area (Å²) in [6.07, 6.45) is 44.5. The summed E-state index contributed by atoms with van der Waals surface area (Å²) in [6, 6.07) is 63.0. The van der Waals surface area contributed by atoms with Crippen LogP contribution in [0.2, 0.25) is 0 Å². The molecule has 426 valence electrons. The highest BCUT2D eigenvalue weighted by molar-refractivity contribution is 7.00. The van der Waals surface area contributed by atoms with Gasteiger partial charge in [0.25, 0.3) is 6.71 Å². The number of hydrogen-bond acceptors (Lipinski definition) is 0. The van der Waals surface area contributed by atoms with E-state index in [9.17, 15) is 0 Å². The molecule has 2 nitrogen and oxygen atoms in total. The summed E-state index contributed by atoms with van der Waals surface area (Å²) >= 11 is 0. The van der Waals surface area contributed by atoms with Crippen molar-refractivity contribution in [2.45, 2.75) is 31.6 Å². The van der Waals surface area contributed by atoms with Crippen molar-refractivity contribution < 1.29 is 0 Å². The molecule has 0 saturated carbocycles. The Kier molecular flexibility index (Phi) is 8.88. The van der Waals surface area contributed by atoms with Gasteiger partial charge in [-0.25, -0.2) is 0 Å². The van der Waals surface area contributed by atoms with Gasteiger partial charge in [-0.3, -0.25) is 0 Å². The third-order valence-corrected chi connectivity index (χ3v) is 23.7. The summed E-state index contributed by atoms with van der Waals surface area (Å²) in [5.74, 6) is 0.443. The van der Waals surface area contributed by atoms with Gasteiger partial charge in [0.15, 0.2) is 0 Å². The minimum Gasteiger partial charge on any atom is -0.310 e. The maximum Gasteiger partial charge on any atom is 0.252 e. The Morgan fingerprint density at radius 3 is 2.03 bits per heavy atom. The Balaban J connectivity index is 0.833. The second-order valence-corrected chi connectivity index (χ2v) is 27.8. The molecule has 0 bridgehead atoms. The van der Waals surface area contributed by atoms with Crippen LogP contribution in [0.25, 0.3) is 144 Å². The second-order valence-electron chi connectivity index (χ2n) is 27.8. The van der Waals surface area contributed by atoms with Crippen molar-refractivity contribution in [1.82, 2.24) is 9.13 Å². The van der Waals surface area contributed by atoms with Gasteiger partial charge in [0.1, 0.15) is 0 Å². The first-order valence-corrected chi connectivity index (χ1v) is 33.5. The lowest BCUT2D eigenvalue weighted by Crippen LogP contribution is -2.59. The van der Waals surface area contributed by atoms with E-state index >= 15 is 0 Å². The number of nitrogens with zero attached hydrogens (tertiary/aromatic N) is 2. The van der Waals surface area contributed by atoms with Crippen LogP contribution in [-0.2, 0) is 12.8 Å². The Labute approximate surface area is 536 Å². The molecule has 3 heteroatoms. The summed E-state index contributed by atoms with van der Waals surface area (Å²) < 4.78 is 5.38. The van der Waals surface area contributed by atoms with Crippen molar-refractivity contribution in [3.05, 3.63) is 327 Å². The highest BCUT2D eigenvalue weighted by Gasteiger charge is 2.43. The third kappa shape index (κ3) is 5.96. The van der Waals surface area contributed by atoms with Crippen LogP contribution in [0.1, 0.15) is 57.7 Å². The number of hydrogen-bond donors (Lipinski definition) is 0. The van der Waals surface area contributed by atoms with Crippen LogP contribution < -0.4 is 16.4 Å². The average molecular weight is 1170 g/mol. The van der Waals surface area contributed by atoms with Crippen LogP contribution in [0.15, 0.2) is 288 Å². The molecule has 0 N–H and O–H groups in total. The molecule has 2 unspecified atom stereocenters. The molecule has 11 aliphatic rings. The predicted molar refractivity (Wildman–Crippen MR) is 392 cm³/mol. The predicted octanol–water partition coefficient (Wildman–Crippen LogP) is 20.0. The van der Waals surface area contributed by atoms with Crippen LogP contribution in [0.5, 0.6) is 0 Å². The van der Waals surface area contributed by atoms with Gasteiger partial charge in [0.05, 0.1) is 11.0 Å². The first-order chi connectivity index (χ1) is 46.1. The van der Waals surface area contributed by atoms with Gasteiger partial charge in [-0.15, -0.1) is 0 Å². The van der Waals surface area contributed by atoms with Crippen molar-refractivity contribution in [3.63, 3.8) is 0 Å². The maximum atomic E-state index is 2.70. The van der Waals surface area contributed by atoms with E-state index in [0.717, 1.165) is 25.7 Å². The van der Waals surface area contributed by atoms with E-state index < -0.39 is 0 Å². The molecule has 24 rings (SSSR count). The molecule has 0 spiro atoms. The fourth-order valence-corrected chi connectivity index (χ4v) is 20.0.